The number of sulfonamides is 1. The Balaban J connectivity index is 2.27. The number of anilines is 2. The van der Waals surface area contributed by atoms with Crippen LogP contribution in [0.4, 0.5) is 10.8 Å². The lowest BCUT2D eigenvalue weighted by atomic mass is 10.2. The number of hydrogen-bond acceptors (Lipinski definition) is 8. The number of hydrogen-bond donors (Lipinski definition) is 1. The smallest absolute Gasteiger partial charge is 0.250 e. The number of thioether (sulfide) groups is 1. The predicted molar refractivity (Wildman–Crippen MR) is 124 cm³/mol. The molecule has 12 heteroatoms. The van der Waals surface area contributed by atoms with E-state index in [9.17, 15) is 13.2 Å². The average Bonchev–Trinajstić information content (AvgIpc) is 3.10. The monoisotopic (exact) mass is 492 g/mol. The zero-order valence-electron chi connectivity index (χ0n) is 17.4. The summed E-state index contributed by atoms with van der Waals surface area (Å²) in [7, 11) is -2.31. The van der Waals surface area contributed by atoms with Gasteiger partial charge in [0.25, 0.3) is 0 Å². The highest BCUT2D eigenvalue weighted by Gasteiger charge is 2.32. The van der Waals surface area contributed by atoms with Gasteiger partial charge in [0.1, 0.15) is 11.8 Å². The molecule has 0 saturated heterocycles. The molecule has 0 spiro atoms. The zero-order valence-corrected chi connectivity index (χ0v) is 20.6. The molecular formula is C18H25ClN4O4S3. The molecule has 30 heavy (non-hydrogen) atoms. The summed E-state index contributed by atoms with van der Waals surface area (Å²) >= 11 is 8.99. The van der Waals surface area contributed by atoms with Crippen molar-refractivity contribution in [2.24, 2.45) is 5.92 Å². The predicted octanol–water partition coefficient (Wildman–Crippen LogP) is 4.13. The van der Waals surface area contributed by atoms with Gasteiger partial charge in [-0.3, -0.25) is 14.4 Å². The Morgan fingerprint density at radius 2 is 2.07 bits per heavy atom. The van der Waals surface area contributed by atoms with Gasteiger partial charge in [-0.1, -0.05) is 55.5 Å². The lowest BCUT2D eigenvalue weighted by molar-refractivity contribution is -0.117. The summed E-state index contributed by atoms with van der Waals surface area (Å²) < 4.78 is 32.0. The molecule has 1 unspecified atom stereocenters. The Morgan fingerprint density at radius 3 is 2.60 bits per heavy atom. The Kier molecular flexibility index (Phi) is 8.77. The van der Waals surface area contributed by atoms with Crippen LogP contribution in [-0.4, -0.2) is 49.7 Å². The summed E-state index contributed by atoms with van der Waals surface area (Å²) in [5.74, 6) is 1.31. The second-order valence-corrected chi connectivity index (χ2v) is 11.4. The van der Waals surface area contributed by atoms with Gasteiger partial charge >= 0.3 is 0 Å². The maximum absolute atomic E-state index is 12.9. The van der Waals surface area contributed by atoms with Crippen molar-refractivity contribution in [3.05, 3.63) is 23.2 Å². The number of carbonyl (C=O) groups is 1. The standard InChI is InChI=1S/C18H25ClN4O4S3/c1-6-14(16(24)20-17-21-22-18(29-17)28-10-11(2)3)23(30(5,25)26)12-7-8-15(27-4)13(19)9-12/h7-9,11,14H,6,10H2,1-5H3,(H,20,21,24). The van der Waals surface area contributed by atoms with E-state index in [0.29, 0.717) is 16.8 Å². The molecule has 0 saturated carbocycles. The van der Waals surface area contributed by atoms with Crippen LogP contribution in [0.25, 0.3) is 0 Å². The van der Waals surface area contributed by atoms with Crippen LogP contribution in [0.1, 0.15) is 27.2 Å². The van der Waals surface area contributed by atoms with Gasteiger partial charge < -0.3 is 4.74 Å². The number of amides is 1. The first-order valence-corrected chi connectivity index (χ1v) is 13.2. The fraction of sp³-hybridized carbons (Fsp3) is 0.500. The van der Waals surface area contributed by atoms with Crippen molar-refractivity contribution in [1.29, 1.82) is 0 Å². The van der Waals surface area contributed by atoms with Crippen LogP contribution in [-0.2, 0) is 14.8 Å². The van der Waals surface area contributed by atoms with E-state index in [4.69, 9.17) is 16.3 Å². The number of benzene rings is 1. The largest absolute Gasteiger partial charge is 0.495 e. The minimum atomic E-state index is -3.78. The van der Waals surface area contributed by atoms with E-state index in [1.165, 1.54) is 24.5 Å². The molecule has 8 nitrogen and oxygen atoms in total. The molecule has 0 fully saturated rings. The topological polar surface area (TPSA) is 101 Å². The van der Waals surface area contributed by atoms with Crippen LogP contribution < -0.4 is 14.4 Å². The molecule has 0 radical (unpaired) electrons. The molecule has 0 bridgehead atoms. The van der Waals surface area contributed by atoms with Gasteiger partial charge in [-0.2, -0.15) is 0 Å². The number of nitrogens with zero attached hydrogens (tertiary/aromatic N) is 3. The van der Waals surface area contributed by atoms with E-state index in [-0.39, 0.29) is 17.1 Å². The van der Waals surface area contributed by atoms with Crippen molar-refractivity contribution < 1.29 is 17.9 Å². The number of carbonyl (C=O) groups excluding carboxylic acids is 1. The van der Waals surface area contributed by atoms with Crippen LogP contribution in [0.2, 0.25) is 5.02 Å². The van der Waals surface area contributed by atoms with Crippen molar-refractivity contribution in [3.8, 4) is 5.75 Å². The summed E-state index contributed by atoms with van der Waals surface area (Å²) in [6.45, 7) is 5.94. The molecule has 2 rings (SSSR count). The van der Waals surface area contributed by atoms with E-state index >= 15 is 0 Å². The number of ether oxygens (including phenoxy) is 1. The van der Waals surface area contributed by atoms with E-state index in [1.807, 2.05) is 0 Å². The summed E-state index contributed by atoms with van der Waals surface area (Å²) in [4.78, 5) is 12.9. The number of halogens is 1. The minimum absolute atomic E-state index is 0.245. The molecule has 1 amide bonds. The van der Waals surface area contributed by atoms with Gasteiger partial charge in [-0.25, -0.2) is 8.42 Å². The molecule has 0 aliphatic carbocycles. The van der Waals surface area contributed by atoms with Gasteiger partial charge in [0.15, 0.2) is 4.34 Å². The lowest BCUT2D eigenvalue weighted by Gasteiger charge is -2.30. The third kappa shape index (κ3) is 6.47. The van der Waals surface area contributed by atoms with Crippen LogP contribution in [0.3, 0.4) is 0 Å². The Hall–Kier alpha value is -1.56. The SMILES string of the molecule is CCC(C(=O)Nc1nnc(SCC(C)C)s1)N(c1ccc(OC)c(Cl)c1)S(C)(=O)=O. The van der Waals surface area contributed by atoms with Crippen LogP contribution in [0.15, 0.2) is 22.5 Å². The van der Waals surface area contributed by atoms with Gasteiger partial charge in [0, 0.05) is 5.75 Å². The van der Waals surface area contributed by atoms with Gasteiger partial charge in [-0.05, 0) is 30.5 Å². The molecule has 1 aromatic carbocycles. The second-order valence-electron chi connectivity index (χ2n) is 6.87. The normalized spacial score (nSPS) is 12.6. The highest BCUT2D eigenvalue weighted by atomic mass is 35.5. The molecular weight excluding hydrogens is 468 g/mol. The second kappa shape index (κ2) is 10.7. The summed E-state index contributed by atoms with van der Waals surface area (Å²) in [5, 5.41) is 11.3. The van der Waals surface area contributed by atoms with E-state index in [2.05, 4.69) is 29.4 Å². The van der Waals surface area contributed by atoms with Crippen molar-refractivity contribution >= 4 is 61.4 Å². The maximum Gasteiger partial charge on any atom is 0.250 e. The van der Waals surface area contributed by atoms with E-state index in [0.717, 1.165) is 20.7 Å². The molecule has 1 heterocycles. The third-order valence-electron chi connectivity index (χ3n) is 3.90. The van der Waals surface area contributed by atoms with Crippen molar-refractivity contribution in [2.45, 2.75) is 37.6 Å². The molecule has 2 aromatic rings. The van der Waals surface area contributed by atoms with Gasteiger partial charge in [0.05, 0.1) is 24.1 Å². The number of aromatic nitrogens is 2. The Morgan fingerprint density at radius 1 is 1.37 bits per heavy atom. The van der Waals surface area contributed by atoms with Crippen molar-refractivity contribution in [2.75, 3.05) is 28.7 Å². The van der Waals surface area contributed by atoms with Crippen LogP contribution in [0, 0.1) is 5.92 Å². The Bertz CT molecular complexity index is 982. The summed E-state index contributed by atoms with van der Waals surface area (Å²) in [6, 6.07) is 3.58. The van der Waals surface area contributed by atoms with Gasteiger partial charge in [0.2, 0.25) is 21.1 Å². The van der Waals surface area contributed by atoms with Crippen LogP contribution >= 0.6 is 34.7 Å². The fourth-order valence-electron chi connectivity index (χ4n) is 2.60. The van der Waals surface area contributed by atoms with Crippen molar-refractivity contribution in [1.82, 2.24) is 10.2 Å². The molecule has 0 aliphatic rings. The number of nitrogens with one attached hydrogen (secondary N) is 1. The van der Waals surface area contributed by atoms with E-state index < -0.39 is 22.0 Å². The summed E-state index contributed by atoms with van der Waals surface area (Å²) in [5.41, 5.74) is 0.274. The quantitative estimate of drug-likeness (QED) is 0.393. The Labute approximate surface area is 190 Å². The molecule has 166 valence electrons. The van der Waals surface area contributed by atoms with E-state index in [1.54, 1.807) is 30.8 Å². The lowest BCUT2D eigenvalue weighted by Crippen LogP contribution is -2.47. The molecule has 1 atom stereocenters. The fourth-order valence-corrected chi connectivity index (χ4v) is 5.78. The first-order valence-electron chi connectivity index (χ1n) is 9.16. The highest BCUT2D eigenvalue weighted by molar-refractivity contribution is 8.01. The minimum Gasteiger partial charge on any atom is -0.495 e. The average molecular weight is 493 g/mol. The molecule has 1 aromatic heterocycles. The summed E-state index contributed by atoms with van der Waals surface area (Å²) in [6.07, 6.45) is 1.29. The molecule has 0 aliphatic heterocycles. The van der Waals surface area contributed by atoms with Crippen molar-refractivity contribution in [3.63, 3.8) is 0 Å². The van der Waals surface area contributed by atoms with Gasteiger partial charge in [-0.15, -0.1) is 10.2 Å². The third-order valence-corrected chi connectivity index (χ3v) is 7.77. The highest BCUT2D eigenvalue weighted by Crippen LogP contribution is 2.32. The zero-order chi connectivity index (χ0) is 22.5. The van der Waals surface area contributed by atoms with Crippen LogP contribution in [0.5, 0.6) is 5.75 Å². The number of rotatable bonds is 10. The first kappa shape index (κ1) is 24.7. The molecule has 1 N–H and O–H groups in total. The number of methoxy groups -OCH3 is 1. The maximum atomic E-state index is 12.9. The first-order chi connectivity index (χ1) is 14.1.